The van der Waals surface area contributed by atoms with E-state index in [1.54, 1.807) is 0 Å². The second-order valence-electron chi connectivity index (χ2n) is 7.07. The van der Waals surface area contributed by atoms with Gasteiger partial charge >= 0.3 is 0 Å². The number of benzene rings is 2. The maximum Gasteiger partial charge on any atom is 0.257 e. The highest BCUT2D eigenvalue weighted by molar-refractivity contribution is 7.89. The van der Waals surface area contributed by atoms with Crippen molar-refractivity contribution in [3.63, 3.8) is 0 Å². The Morgan fingerprint density at radius 1 is 1.00 bits per heavy atom. The Balaban J connectivity index is 1.63. The number of sulfonamides is 1. The summed E-state index contributed by atoms with van der Waals surface area (Å²) in [5.41, 5.74) is 3.23. The fourth-order valence-electron chi connectivity index (χ4n) is 3.67. The minimum atomic E-state index is -3.86. The highest BCUT2D eigenvalue weighted by Gasteiger charge is 2.30. The second kappa shape index (κ2) is 8.24. The van der Waals surface area contributed by atoms with Crippen molar-refractivity contribution >= 4 is 44.8 Å². The molecule has 0 aromatic heterocycles. The summed E-state index contributed by atoms with van der Waals surface area (Å²) in [4.78, 5) is 12.7. The molecular weight excluding hydrogens is 435 g/mol. The fourth-order valence-corrected chi connectivity index (χ4v) is 5.92. The van der Waals surface area contributed by atoms with Crippen LogP contribution in [0.25, 0.3) is 0 Å². The summed E-state index contributed by atoms with van der Waals surface area (Å²) in [5.74, 6) is -0.483. The van der Waals surface area contributed by atoms with E-state index in [0.29, 0.717) is 18.9 Å². The van der Waals surface area contributed by atoms with Crippen LogP contribution in [0, 0.1) is 0 Å². The molecule has 1 fully saturated rings. The van der Waals surface area contributed by atoms with Crippen LogP contribution in [0.3, 0.4) is 0 Å². The lowest BCUT2D eigenvalue weighted by Gasteiger charge is -2.26. The van der Waals surface area contributed by atoms with Crippen molar-refractivity contribution in [3.05, 3.63) is 57.1 Å². The number of nitrogens with one attached hydrogen (secondary N) is 1. The molecule has 0 radical (unpaired) electrons. The molecular formula is C20H20Cl2N2O4S. The monoisotopic (exact) mass is 454 g/mol. The van der Waals surface area contributed by atoms with E-state index in [2.05, 4.69) is 5.32 Å². The van der Waals surface area contributed by atoms with E-state index >= 15 is 0 Å². The van der Waals surface area contributed by atoms with Gasteiger partial charge in [-0.25, -0.2) is 8.42 Å². The van der Waals surface area contributed by atoms with Crippen LogP contribution < -0.4 is 5.32 Å². The Bertz CT molecular complexity index is 1070. The van der Waals surface area contributed by atoms with Gasteiger partial charge in [0.25, 0.3) is 5.91 Å². The van der Waals surface area contributed by atoms with Gasteiger partial charge in [0, 0.05) is 18.8 Å². The average molecular weight is 455 g/mol. The number of nitrogens with zero attached hydrogens (tertiary/aromatic N) is 1. The van der Waals surface area contributed by atoms with Crippen LogP contribution in [0.15, 0.2) is 35.2 Å². The molecule has 0 unspecified atom stereocenters. The molecule has 1 saturated heterocycles. The van der Waals surface area contributed by atoms with Crippen LogP contribution in [-0.4, -0.2) is 44.9 Å². The lowest BCUT2D eigenvalue weighted by molar-refractivity contribution is 0.0730. The van der Waals surface area contributed by atoms with Gasteiger partial charge in [0.2, 0.25) is 10.0 Å². The number of ether oxygens (including phenoxy) is 1. The third-order valence-electron chi connectivity index (χ3n) is 5.21. The molecule has 0 saturated carbocycles. The first-order chi connectivity index (χ1) is 13.9. The summed E-state index contributed by atoms with van der Waals surface area (Å²) in [6.45, 7) is 1.10. The highest BCUT2D eigenvalue weighted by atomic mass is 35.5. The van der Waals surface area contributed by atoms with Crippen molar-refractivity contribution < 1.29 is 17.9 Å². The normalized spacial score (nSPS) is 17.2. The zero-order valence-corrected chi connectivity index (χ0v) is 17.9. The maximum atomic E-state index is 13.0. The predicted molar refractivity (Wildman–Crippen MR) is 112 cm³/mol. The largest absolute Gasteiger partial charge is 0.379 e. The zero-order valence-electron chi connectivity index (χ0n) is 15.6. The topological polar surface area (TPSA) is 75.7 Å². The van der Waals surface area contributed by atoms with Crippen LogP contribution >= 0.6 is 23.2 Å². The number of anilines is 1. The average Bonchev–Trinajstić information content (AvgIpc) is 3.16. The lowest BCUT2D eigenvalue weighted by atomic mass is 10.1. The molecule has 9 heteroatoms. The third kappa shape index (κ3) is 4.15. The number of fused-ring (bicyclic) bond motifs is 1. The van der Waals surface area contributed by atoms with Gasteiger partial charge in [-0.05, 0) is 54.7 Å². The van der Waals surface area contributed by atoms with E-state index in [1.807, 2.05) is 18.2 Å². The molecule has 29 heavy (non-hydrogen) atoms. The Kier molecular flexibility index (Phi) is 5.86. The van der Waals surface area contributed by atoms with Crippen LogP contribution in [0.2, 0.25) is 10.0 Å². The van der Waals surface area contributed by atoms with Crippen LogP contribution in [0.1, 0.15) is 27.9 Å². The van der Waals surface area contributed by atoms with Gasteiger partial charge in [0.05, 0.1) is 28.8 Å². The Hall–Kier alpha value is -1.64. The van der Waals surface area contributed by atoms with Crippen molar-refractivity contribution in [2.45, 2.75) is 24.2 Å². The molecule has 154 valence electrons. The van der Waals surface area contributed by atoms with Gasteiger partial charge in [-0.3, -0.25) is 4.79 Å². The minimum absolute atomic E-state index is 0.0180. The molecule has 1 aliphatic heterocycles. The van der Waals surface area contributed by atoms with E-state index in [1.165, 1.54) is 27.6 Å². The van der Waals surface area contributed by atoms with Crippen LogP contribution in [0.4, 0.5) is 5.69 Å². The predicted octanol–water partition coefficient (Wildman–Crippen LogP) is 3.76. The van der Waals surface area contributed by atoms with E-state index in [4.69, 9.17) is 27.9 Å². The van der Waals surface area contributed by atoms with Gasteiger partial charge in [-0.1, -0.05) is 29.3 Å². The first-order valence-corrected chi connectivity index (χ1v) is 11.6. The number of hydrogen-bond acceptors (Lipinski definition) is 4. The van der Waals surface area contributed by atoms with Crippen molar-refractivity contribution in [2.24, 2.45) is 0 Å². The van der Waals surface area contributed by atoms with Crippen molar-refractivity contribution in [3.8, 4) is 0 Å². The molecule has 1 heterocycles. The molecule has 0 bridgehead atoms. The number of rotatable bonds is 4. The molecule has 2 aromatic carbocycles. The first-order valence-electron chi connectivity index (χ1n) is 9.36. The number of morpholine rings is 1. The Labute approximate surface area is 179 Å². The first kappa shape index (κ1) is 20.6. The summed E-state index contributed by atoms with van der Waals surface area (Å²) >= 11 is 12.4. The molecule has 1 N–H and O–H groups in total. The Morgan fingerprint density at radius 2 is 1.72 bits per heavy atom. The van der Waals surface area contributed by atoms with E-state index in [0.717, 1.165) is 19.3 Å². The smallest absolute Gasteiger partial charge is 0.257 e. The summed E-state index contributed by atoms with van der Waals surface area (Å²) in [6, 6.07) is 8.36. The number of halogens is 2. The lowest BCUT2D eigenvalue weighted by Crippen LogP contribution is -2.40. The van der Waals surface area contributed by atoms with E-state index in [9.17, 15) is 13.2 Å². The molecule has 2 aliphatic rings. The highest BCUT2D eigenvalue weighted by Crippen LogP contribution is 2.32. The maximum absolute atomic E-state index is 13.0. The SMILES string of the molecule is O=C(Nc1ccc2c(c1)CCC2)c1cc(S(=O)(=O)N2CCOCC2)c(Cl)cc1Cl. The van der Waals surface area contributed by atoms with Gasteiger partial charge in [0.1, 0.15) is 4.90 Å². The summed E-state index contributed by atoms with van der Waals surface area (Å²) in [7, 11) is -3.86. The molecule has 6 nitrogen and oxygen atoms in total. The molecule has 0 spiro atoms. The van der Waals surface area contributed by atoms with Crippen molar-refractivity contribution in [2.75, 3.05) is 31.6 Å². The Morgan fingerprint density at radius 3 is 2.48 bits per heavy atom. The summed E-state index contributed by atoms with van der Waals surface area (Å²) in [6.07, 6.45) is 3.15. The number of amides is 1. The zero-order chi connectivity index (χ0) is 20.6. The molecule has 1 aliphatic carbocycles. The number of carbonyl (C=O) groups is 1. The number of aryl methyl sites for hydroxylation is 2. The fraction of sp³-hybridized carbons (Fsp3) is 0.350. The molecule has 2 aromatic rings. The summed E-state index contributed by atoms with van der Waals surface area (Å²) in [5, 5.41) is 2.89. The standard InChI is InChI=1S/C20H20Cl2N2O4S/c21-17-12-18(22)19(29(26,27)24-6-8-28-9-7-24)11-16(17)20(25)23-15-5-4-13-2-1-3-14(13)10-15/h4-5,10-12H,1-3,6-9H2,(H,23,25). The van der Waals surface area contributed by atoms with Gasteiger partial charge in [-0.15, -0.1) is 0 Å². The van der Waals surface area contributed by atoms with Gasteiger partial charge in [0.15, 0.2) is 0 Å². The molecule has 0 atom stereocenters. The molecule has 1 amide bonds. The van der Waals surface area contributed by atoms with Gasteiger partial charge in [-0.2, -0.15) is 4.31 Å². The van der Waals surface area contributed by atoms with E-state index in [-0.39, 0.29) is 33.6 Å². The number of carbonyl (C=O) groups excluding carboxylic acids is 1. The molecule has 4 rings (SSSR count). The van der Waals surface area contributed by atoms with Crippen LogP contribution in [0.5, 0.6) is 0 Å². The van der Waals surface area contributed by atoms with Gasteiger partial charge < -0.3 is 10.1 Å². The quantitative estimate of drug-likeness (QED) is 0.762. The summed E-state index contributed by atoms with van der Waals surface area (Å²) < 4.78 is 32.5. The van der Waals surface area contributed by atoms with E-state index < -0.39 is 15.9 Å². The minimum Gasteiger partial charge on any atom is -0.379 e. The number of hydrogen-bond donors (Lipinski definition) is 1. The second-order valence-corrected chi connectivity index (χ2v) is 9.79. The third-order valence-corrected chi connectivity index (χ3v) is 7.89. The van der Waals surface area contributed by atoms with Crippen LogP contribution in [-0.2, 0) is 27.6 Å². The van der Waals surface area contributed by atoms with Crippen molar-refractivity contribution in [1.82, 2.24) is 4.31 Å². The van der Waals surface area contributed by atoms with Crippen molar-refractivity contribution in [1.29, 1.82) is 0 Å².